The highest BCUT2D eigenvalue weighted by Crippen LogP contribution is 2.20. The Balaban J connectivity index is 1.76. The lowest BCUT2D eigenvalue weighted by Gasteiger charge is -2.29. The molecule has 0 amide bonds. The van der Waals surface area contributed by atoms with Gasteiger partial charge in [-0.25, -0.2) is 4.68 Å². The summed E-state index contributed by atoms with van der Waals surface area (Å²) in [5, 5.41) is 7.98. The maximum absolute atomic E-state index is 5.43. The maximum atomic E-state index is 5.43. The van der Waals surface area contributed by atoms with Crippen molar-refractivity contribution in [2.45, 2.75) is 39.7 Å². The second-order valence-corrected chi connectivity index (χ2v) is 6.29. The van der Waals surface area contributed by atoms with Crippen LogP contribution in [0, 0.1) is 12.8 Å². The first kappa shape index (κ1) is 16.3. The molecular weight excluding hydrogens is 264 g/mol. The molecule has 5 heteroatoms. The molecular formula is C16H30N4O. The van der Waals surface area contributed by atoms with E-state index in [2.05, 4.69) is 22.2 Å². The van der Waals surface area contributed by atoms with Gasteiger partial charge in [-0.3, -0.25) is 0 Å². The molecule has 0 saturated carbocycles. The van der Waals surface area contributed by atoms with Gasteiger partial charge in [0.05, 0.1) is 18.4 Å². The first-order valence-electron chi connectivity index (χ1n) is 8.11. The summed E-state index contributed by atoms with van der Waals surface area (Å²) in [5.74, 6) is 1.54. The monoisotopic (exact) mass is 294 g/mol. The average Bonchev–Trinajstić information content (AvgIpc) is 2.73. The number of ether oxygens (including phenoxy) is 1. The van der Waals surface area contributed by atoms with Gasteiger partial charge in [-0.05, 0) is 45.3 Å². The Kier molecular flexibility index (Phi) is 6.06. The number of methoxy groups -OCH3 is 1. The van der Waals surface area contributed by atoms with Crippen LogP contribution >= 0.6 is 0 Å². The molecule has 120 valence electrons. The second-order valence-electron chi connectivity index (χ2n) is 6.29. The molecule has 1 unspecified atom stereocenters. The second kappa shape index (κ2) is 7.80. The van der Waals surface area contributed by atoms with E-state index in [0.29, 0.717) is 5.92 Å². The molecule has 1 fully saturated rings. The highest BCUT2D eigenvalue weighted by atomic mass is 16.5. The predicted octanol–water partition coefficient (Wildman–Crippen LogP) is 1.95. The molecule has 0 aromatic carbocycles. The summed E-state index contributed by atoms with van der Waals surface area (Å²) in [6.07, 6.45) is 4.14. The minimum Gasteiger partial charge on any atom is -0.481 e. The third-order valence-corrected chi connectivity index (χ3v) is 4.30. The van der Waals surface area contributed by atoms with E-state index in [0.717, 1.165) is 24.7 Å². The van der Waals surface area contributed by atoms with Crippen molar-refractivity contribution in [2.75, 3.05) is 33.3 Å². The fourth-order valence-corrected chi connectivity index (χ4v) is 3.23. The fourth-order valence-electron chi connectivity index (χ4n) is 3.23. The minimum atomic E-state index is 0.672. The van der Waals surface area contributed by atoms with Crippen LogP contribution in [0.15, 0.2) is 0 Å². The predicted molar refractivity (Wildman–Crippen MR) is 85.7 cm³/mol. The zero-order valence-corrected chi connectivity index (χ0v) is 14.0. The lowest BCUT2D eigenvalue weighted by molar-refractivity contribution is 0.199. The van der Waals surface area contributed by atoms with Crippen LogP contribution in [0.2, 0.25) is 0 Å². The minimum absolute atomic E-state index is 0.672. The number of nitrogens with zero attached hydrogens (tertiary/aromatic N) is 3. The third kappa shape index (κ3) is 4.45. The fraction of sp³-hybridized carbons (Fsp3) is 0.812. The molecule has 5 nitrogen and oxygen atoms in total. The lowest BCUT2D eigenvalue weighted by atomic mass is 10.1. The number of likely N-dealkylation sites (tertiary alicyclic amines) is 1. The van der Waals surface area contributed by atoms with Gasteiger partial charge in [0, 0.05) is 20.1 Å². The molecule has 1 N–H and O–H groups in total. The summed E-state index contributed by atoms with van der Waals surface area (Å²) >= 11 is 0. The number of piperidine rings is 1. The standard InChI is InChI=1S/C16H30N4O/c1-13(12-20-8-6-5-7-9-20)10-17-11-15-14(2)18-19(3)16(15)21-4/h13,17H,5-12H2,1-4H3. The Morgan fingerprint density at radius 3 is 2.67 bits per heavy atom. The van der Waals surface area contributed by atoms with Gasteiger partial charge in [-0.1, -0.05) is 13.3 Å². The lowest BCUT2D eigenvalue weighted by Crippen LogP contribution is -2.36. The summed E-state index contributed by atoms with van der Waals surface area (Å²) in [5.41, 5.74) is 2.22. The number of nitrogens with one attached hydrogen (secondary N) is 1. The Bertz CT molecular complexity index is 438. The van der Waals surface area contributed by atoms with E-state index in [1.807, 2.05) is 18.7 Å². The SMILES string of the molecule is COc1c(CNCC(C)CN2CCCCC2)c(C)nn1C. The smallest absolute Gasteiger partial charge is 0.216 e. The highest BCUT2D eigenvalue weighted by molar-refractivity contribution is 5.30. The highest BCUT2D eigenvalue weighted by Gasteiger charge is 2.15. The summed E-state index contributed by atoms with van der Waals surface area (Å²) in [6, 6.07) is 0. The molecule has 21 heavy (non-hydrogen) atoms. The van der Waals surface area contributed by atoms with Gasteiger partial charge in [-0.15, -0.1) is 0 Å². The summed E-state index contributed by atoms with van der Waals surface area (Å²) in [7, 11) is 3.63. The van der Waals surface area contributed by atoms with Crippen LogP contribution in [-0.2, 0) is 13.6 Å². The molecule has 0 radical (unpaired) electrons. The van der Waals surface area contributed by atoms with Crippen molar-refractivity contribution < 1.29 is 4.74 Å². The van der Waals surface area contributed by atoms with Crippen molar-refractivity contribution in [1.82, 2.24) is 20.0 Å². The van der Waals surface area contributed by atoms with Gasteiger partial charge in [0.1, 0.15) is 0 Å². The van der Waals surface area contributed by atoms with Crippen LogP contribution in [0.1, 0.15) is 37.4 Å². The Labute approximate surface area is 128 Å². The Hall–Kier alpha value is -1.07. The summed E-state index contributed by atoms with van der Waals surface area (Å²) < 4.78 is 7.24. The zero-order chi connectivity index (χ0) is 15.2. The van der Waals surface area contributed by atoms with Crippen molar-refractivity contribution in [3.05, 3.63) is 11.3 Å². The van der Waals surface area contributed by atoms with Gasteiger partial charge in [0.15, 0.2) is 0 Å². The molecule has 1 aromatic rings. The van der Waals surface area contributed by atoms with Gasteiger partial charge >= 0.3 is 0 Å². The van der Waals surface area contributed by atoms with Crippen LogP contribution in [0.4, 0.5) is 0 Å². The topological polar surface area (TPSA) is 42.3 Å². The largest absolute Gasteiger partial charge is 0.481 e. The van der Waals surface area contributed by atoms with E-state index < -0.39 is 0 Å². The number of hydrogen-bond acceptors (Lipinski definition) is 4. The van der Waals surface area contributed by atoms with E-state index in [9.17, 15) is 0 Å². The van der Waals surface area contributed by atoms with Gasteiger partial charge < -0.3 is 15.0 Å². The molecule has 0 spiro atoms. The molecule has 2 heterocycles. The molecule has 1 saturated heterocycles. The van der Waals surface area contributed by atoms with Gasteiger partial charge in [0.2, 0.25) is 5.88 Å². The van der Waals surface area contributed by atoms with Crippen LogP contribution in [0.25, 0.3) is 0 Å². The van der Waals surface area contributed by atoms with Crippen LogP contribution in [0.5, 0.6) is 5.88 Å². The summed E-state index contributed by atoms with van der Waals surface area (Å²) in [6.45, 7) is 9.99. The molecule has 2 rings (SSSR count). The van der Waals surface area contributed by atoms with E-state index in [1.165, 1.54) is 44.5 Å². The molecule has 1 atom stereocenters. The van der Waals surface area contributed by atoms with Crippen molar-refractivity contribution in [2.24, 2.45) is 13.0 Å². The van der Waals surface area contributed by atoms with E-state index in [4.69, 9.17) is 4.74 Å². The molecule has 0 bridgehead atoms. The number of aromatic nitrogens is 2. The Morgan fingerprint density at radius 1 is 1.29 bits per heavy atom. The van der Waals surface area contributed by atoms with Crippen LogP contribution < -0.4 is 10.1 Å². The first-order chi connectivity index (χ1) is 10.1. The number of rotatable bonds is 7. The first-order valence-corrected chi connectivity index (χ1v) is 8.11. The van der Waals surface area contributed by atoms with Gasteiger partial charge in [0.25, 0.3) is 0 Å². The summed E-state index contributed by atoms with van der Waals surface area (Å²) in [4.78, 5) is 2.60. The van der Waals surface area contributed by atoms with E-state index in [-0.39, 0.29) is 0 Å². The van der Waals surface area contributed by atoms with E-state index in [1.54, 1.807) is 7.11 Å². The van der Waals surface area contributed by atoms with Crippen LogP contribution in [-0.4, -0.2) is 48.0 Å². The number of aryl methyl sites for hydroxylation is 2. The molecule has 1 aliphatic heterocycles. The van der Waals surface area contributed by atoms with Crippen LogP contribution in [0.3, 0.4) is 0 Å². The zero-order valence-electron chi connectivity index (χ0n) is 14.0. The molecule has 1 aliphatic rings. The molecule has 1 aromatic heterocycles. The van der Waals surface area contributed by atoms with Gasteiger partial charge in [-0.2, -0.15) is 5.10 Å². The van der Waals surface area contributed by atoms with E-state index >= 15 is 0 Å². The quantitative estimate of drug-likeness (QED) is 0.834. The molecule has 0 aliphatic carbocycles. The van der Waals surface area contributed by atoms with Crippen molar-refractivity contribution in [1.29, 1.82) is 0 Å². The van der Waals surface area contributed by atoms with Crippen molar-refractivity contribution in [3.63, 3.8) is 0 Å². The number of hydrogen-bond donors (Lipinski definition) is 1. The Morgan fingerprint density at radius 2 is 2.00 bits per heavy atom. The average molecular weight is 294 g/mol. The van der Waals surface area contributed by atoms with Crippen molar-refractivity contribution in [3.8, 4) is 5.88 Å². The third-order valence-electron chi connectivity index (χ3n) is 4.30. The van der Waals surface area contributed by atoms with Crippen molar-refractivity contribution >= 4 is 0 Å². The normalized spacial score (nSPS) is 17.9. The maximum Gasteiger partial charge on any atom is 0.216 e.